The highest BCUT2D eigenvalue weighted by Crippen LogP contribution is 2.20. The molecular weight excluding hydrogens is 384 g/mol. The molecule has 1 aromatic carbocycles. The van der Waals surface area contributed by atoms with Crippen LogP contribution in [0.5, 0.6) is 0 Å². The largest absolute Gasteiger partial charge is 0.465 e. The number of methoxy groups -OCH3 is 1. The number of aryl methyl sites for hydroxylation is 1. The normalized spacial score (nSPS) is 11.6. The number of benzene rings is 1. The van der Waals surface area contributed by atoms with Crippen LogP contribution in [0.25, 0.3) is 0 Å². The molecule has 0 saturated heterocycles. The second kappa shape index (κ2) is 9.34. The number of carbonyl (C=O) groups excluding carboxylic acids is 1. The lowest BCUT2D eigenvalue weighted by Gasteiger charge is -2.20. The van der Waals surface area contributed by atoms with E-state index in [4.69, 9.17) is 4.74 Å². The van der Waals surface area contributed by atoms with Crippen LogP contribution >= 0.6 is 11.3 Å². The third-order valence-corrected chi connectivity index (χ3v) is 6.53. The summed E-state index contributed by atoms with van der Waals surface area (Å²) in [5, 5.41) is 0. The average molecular weight is 411 g/mol. The van der Waals surface area contributed by atoms with Crippen molar-refractivity contribution in [2.75, 3.05) is 38.9 Å². The molecule has 27 heavy (non-hydrogen) atoms. The van der Waals surface area contributed by atoms with Gasteiger partial charge < -0.3 is 9.64 Å². The smallest absolute Gasteiger partial charge is 0.348 e. The highest BCUT2D eigenvalue weighted by molar-refractivity contribution is 7.88. The Morgan fingerprint density at radius 2 is 1.78 bits per heavy atom. The van der Waals surface area contributed by atoms with Crippen LogP contribution in [0, 0.1) is 0 Å². The van der Waals surface area contributed by atoms with Crippen molar-refractivity contribution >= 4 is 33.0 Å². The van der Waals surface area contributed by atoms with Gasteiger partial charge in [0.25, 0.3) is 0 Å². The fourth-order valence-electron chi connectivity index (χ4n) is 2.62. The molecule has 0 atom stereocenters. The monoisotopic (exact) mass is 410 g/mol. The Balaban J connectivity index is 1.97. The van der Waals surface area contributed by atoms with Crippen molar-refractivity contribution in [3.8, 4) is 0 Å². The number of hydrogen-bond donors (Lipinski definition) is 0. The predicted molar refractivity (Wildman–Crippen MR) is 110 cm³/mol. The summed E-state index contributed by atoms with van der Waals surface area (Å²) in [5.41, 5.74) is 2.03. The minimum Gasteiger partial charge on any atom is -0.465 e. The van der Waals surface area contributed by atoms with Gasteiger partial charge in [-0.1, -0.05) is 12.1 Å². The molecule has 0 amide bonds. The van der Waals surface area contributed by atoms with E-state index >= 15 is 0 Å². The molecule has 0 saturated carbocycles. The van der Waals surface area contributed by atoms with Crippen LogP contribution < -0.4 is 4.90 Å². The maximum atomic E-state index is 12.1. The maximum Gasteiger partial charge on any atom is 0.348 e. The van der Waals surface area contributed by atoms with Gasteiger partial charge >= 0.3 is 5.97 Å². The zero-order valence-electron chi connectivity index (χ0n) is 16.1. The summed E-state index contributed by atoms with van der Waals surface area (Å²) in [4.78, 5) is 15.1. The molecule has 0 aliphatic rings. The first-order valence-corrected chi connectivity index (χ1v) is 11.3. The Morgan fingerprint density at radius 3 is 2.33 bits per heavy atom. The molecule has 0 unspecified atom stereocenters. The molecular formula is C19H26N2O4S2. The van der Waals surface area contributed by atoms with E-state index in [9.17, 15) is 13.2 Å². The van der Waals surface area contributed by atoms with Crippen molar-refractivity contribution in [3.63, 3.8) is 0 Å². The molecule has 2 aromatic rings. The third-order valence-electron chi connectivity index (χ3n) is 4.16. The first kappa shape index (κ1) is 21.4. The summed E-state index contributed by atoms with van der Waals surface area (Å²) in [5.74, 6) is -0.342. The molecule has 0 N–H and O–H groups in total. The van der Waals surface area contributed by atoms with Gasteiger partial charge in [0, 0.05) is 37.7 Å². The summed E-state index contributed by atoms with van der Waals surface area (Å²) in [6, 6.07) is 11.5. The lowest BCUT2D eigenvalue weighted by molar-refractivity contribution is 0.0606. The van der Waals surface area contributed by atoms with Crippen LogP contribution in [0.3, 0.4) is 0 Å². The molecule has 0 bridgehead atoms. The van der Waals surface area contributed by atoms with Crippen LogP contribution in [-0.2, 0) is 27.7 Å². The van der Waals surface area contributed by atoms with E-state index in [0.29, 0.717) is 30.8 Å². The van der Waals surface area contributed by atoms with Crippen LogP contribution in [0.4, 0.5) is 5.69 Å². The minimum absolute atomic E-state index is 0.342. The van der Waals surface area contributed by atoms with E-state index in [2.05, 4.69) is 0 Å². The standard InChI is InChI=1S/C19H26N2O4S2/c1-20(2)16-9-7-15(8-10-16)14-21(27(4,23)24)13-5-6-17-11-12-18(26-17)19(22)25-3/h7-12H,5-6,13-14H2,1-4H3. The molecule has 0 spiro atoms. The van der Waals surface area contributed by atoms with Crippen molar-refractivity contribution < 1.29 is 17.9 Å². The Kier molecular flexibility index (Phi) is 7.41. The van der Waals surface area contributed by atoms with E-state index in [1.54, 1.807) is 6.07 Å². The topological polar surface area (TPSA) is 66.9 Å². The molecule has 0 fully saturated rings. The highest BCUT2D eigenvalue weighted by Gasteiger charge is 2.17. The molecule has 6 nitrogen and oxygen atoms in total. The zero-order valence-corrected chi connectivity index (χ0v) is 17.8. The summed E-state index contributed by atoms with van der Waals surface area (Å²) < 4.78 is 30.5. The lowest BCUT2D eigenvalue weighted by Crippen LogP contribution is -2.30. The van der Waals surface area contributed by atoms with Crippen molar-refractivity contribution in [1.29, 1.82) is 0 Å². The lowest BCUT2D eigenvalue weighted by atomic mass is 10.2. The third kappa shape index (κ3) is 6.34. The van der Waals surface area contributed by atoms with Gasteiger partial charge in [0.15, 0.2) is 0 Å². The van der Waals surface area contributed by atoms with E-state index in [1.807, 2.05) is 49.3 Å². The maximum absolute atomic E-state index is 12.1. The number of anilines is 1. The van der Waals surface area contributed by atoms with Gasteiger partial charge in [-0.2, -0.15) is 4.31 Å². The van der Waals surface area contributed by atoms with Gasteiger partial charge in [0.1, 0.15) is 4.88 Å². The van der Waals surface area contributed by atoms with E-state index < -0.39 is 10.0 Å². The van der Waals surface area contributed by atoms with Crippen LogP contribution in [0.2, 0.25) is 0 Å². The quantitative estimate of drug-likeness (QED) is 0.595. The summed E-state index contributed by atoms with van der Waals surface area (Å²) in [7, 11) is 1.99. The molecule has 148 valence electrons. The number of esters is 1. The Bertz CT molecular complexity index is 858. The molecule has 0 aliphatic heterocycles. The second-order valence-electron chi connectivity index (χ2n) is 6.52. The number of rotatable bonds is 9. The predicted octanol–water partition coefficient (Wildman–Crippen LogP) is 3.00. The number of thiophene rings is 1. The number of nitrogens with zero attached hydrogens (tertiary/aromatic N) is 2. The summed E-state index contributed by atoms with van der Waals surface area (Å²) >= 11 is 1.39. The van der Waals surface area contributed by atoms with E-state index in [0.717, 1.165) is 16.1 Å². The Labute approximate surface area is 165 Å². The summed E-state index contributed by atoms with van der Waals surface area (Å²) in [6.07, 6.45) is 2.64. The molecule has 2 rings (SSSR count). The van der Waals surface area contributed by atoms with Gasteiger partial charge in [0.2, 0.25) is 10.0 Å². The van der Waals surface area contributed by atoms with Gasteiger partial charge in [-0.15, -0.1) is 11.3 Å². The SMILES string of the molecule is COC(=O)c1ccc(CCCN(Cc2ccc(N(C)C)cc2)S(C)(=O)=O)s1. The van der Waals surface area contributed by atoms with Crippen LogP contribution in [-0.4, -0.2) is 52.7 Å². The number of carbonyl (C=O) groups is 1. The first-order valence-electron chi connectivity index (χ1n) is 8.59. The van der Waals surface area contributed by atoms with Gasteiger partial charge in [-0.3, -0.25) is 0 Å². The summed E-state index contributed by atoms with van der Waals surface area (Å²) in [6.45, 7) is 0.782. The van der Waals surface area contributed by atoms with Crippen molar-refractivity contribution in [2.24, 2.45) is 0 Å². The average Bonchev–Trinajstić information content (AvgIpc) is 3.08. The Hall–Kier alpha value is -1.90. The molecule has 8 heteroatoms. The van der Waals surface area contributed by atoms with Gasteiger partial charge in [-0.05, 0) is 42.7 Å². The minimum atomic E-state index is -3.30. The highest BCUT2D eigenvalue weighted by atomic mass is 32.2. The first-order chi connectivity index (χ1) is 12.7. The van der Waals surface area contributed by atoms with Crippen LogP contribution in [0.1, 0.15) is 26.5 Å². The van der Waals surface area contributed by atoms with Gasteiger partial charge in [-0.25, -0.2) is 13.2 Å². The molecule has 1 aromatic heterocycles. The van der Waals surface area contributed by atoms with Crippen molar-refractivity contribution in [3.05, 3.63) is 51.7 Å². The molecule has 0 radical (unpaired) electrons. The fraction of sp³-hybridized carbons (Fsp3) is 0.421. The fourth-order valence-corrected chi connectivity index (χ4v) is 4.43. The Morgan fingerprint density at radius 1 is 1.11 bits per heavy atom. The van der Waals surface area contributed by atoms with Crippen LogP contribution in [0.15, 0.2) is 36.4 Å². The number of hydrogen-bond acceptors (Lipinski definition) is 6. The number of ether oxygens (including phenoxy) is 1. The van der Waals surface area contributed by atoms with E-state index in [1.165, 1.54) is 29.0 Å². The number of sulfonamides is 1. The molecule has 1 heterocycles. The van der Waals surface area contributed by atoms with Crippen molar-refractivity contribution in [2.45, 2.75) is 19.4 Å². The van der Waals surface area contributed by atoms with Crippen molar-refractivity contribution in [1.82, 2.24) is 4.31 Å². The van der Waals surface area contributed by atoms with Gasteiger partial charge in [0.05, 0.1) is 13.4 Å². The zero-order chi connectivity index (χ0) is 20.0. The molecule has 0 aliphatic carbocycles. The van der Waals surface area contributed by atoms with E-state index in [-0.39, 0.29) is 5.97 Å². The second-order valence-corrected chi connectivity index (χ2v) is 9.67.